The van der Waals surface area contributed by atoms with Gasteiger partial charge < -0.3 is 24.3 Å². The normalized spacial score (nSPS) is 17.5. The van der Waals surface area contributed by atoms with Crippen LogP contribution in [0, 0.1) is 0 Å². The first kappa shape index (κ1) is 32.6. The van der Waals surface area contributed by atoms with Gasteiger partial charge in [-0.3, -0.25) is 23.9 Å². The van der Waals surface area contributed by atoms with Crippen LogP contribution in [0.25, 0.3) is 0 Å². The van der Waals surface area contributed by atoms with E-state index in [0.29, 0.717) is 76.2 Å². The van der Waals surface area contributed by atoms with E-state index in [-0.39, 0.29) is 23.6 Å². The molecule has 3 rings (SSSR count). The molecular weight excluding hydrogens is 536 g/mol. The minimum atomic E-state index is -0.686. The van der Waals surface area contributed by atoms with Crippen molar-refractivity contribution in [3.8, 4) is 5.75 Å². The van der Waals surface area contributed by atoms with Crippen molar-refractivity contribution in [1.29, 1.82) is 0 Å². The van der Waals surface area contributed by atoms with Crippen LogP contribution in [0.2, 0.25) is 0 Å². The summed E-state index contributed by atoms with van der Waals surface area (Å²) >= 11 is 0. The highest BCUT2D eigenvalue weighted by Gasteiger charge is 2.31. The van der Waals surface area contributed by atoms with E-state index in [1.807, 2.05) is 24.1 Å². The standard InChI is InChI=1S/C31H46N6O5/c1-24(38)33(2)20-10-13-27-31(41)34(3)19-8-9-21-37(29(39)16-15-25-17-18-32-36(25)5)22-11-23-42-28-14-7-6-12-26(28)30(40)35(27)4/h6-7,12,14,17-18,27H,8-11,13,15-16,19-23H2,1-5H3/t27-/m0/s1. The third-order valence-electron chi connectivity index (χ3n) is 7.95. The van der Waals surface area contributed by atoms with Crippen molar-refractivity contribution in [1.82, 2.24) is 29.4 Å². The van der Waals surface area contributed by atoms with Crippen molar-refractivity contribution >= 4 is 23.6 Å². The lowest BCUT2D eigenvalue weighted by atomic mass is 10.1. The van der Waals surface area contributed by atoms with Crippen molar-refractivity contribution in [2.45, 2.75) is 57.9 Å². The summed E-state index contributed by atoms with van der Waals surface area (Å²) in [6.07, 6.45) is 5.84. The van der Waals surface area contributed by atoms with Gasteiger partial charge in [0, 0.05) is 79.6 Å². The molecule has 1 aliphatic rings. The number of rotatable bonds is 7. The number of hydrogen-bond acceptors (Lipinski definition) is 6. The summed E-state index contributed by atoms with van der Waals surface area (Å²) in [5.41, 5.74) is 1.40. The molecule has 0 N–H and O–H groups in total. The molecule has 0 radical (unpaired) electrons. The number of amides is 4. The SMILES string of the molecule is CC(=O)N(C)CCC[C@H]1C(=O)N(C)CCCCN(C(=O)CCc2ccnn2C)CCCOc2ccccc2C(=O)N1C. The molecule has 42 heavy (non-hydrogen) atoms. The van der Waals surface area contributed by atoms with Crippen molar-refractivity contribution in [3.05, 3.63) is 47.8 Å². The van der Waals surface area contributed by atoms with Gasteiger partial charge in [0.1, 0.15) is 11.8 Å². The van der Waals surface area contributed by atoms with Gasteiger partial charge in [0.05, 0.1) is 12.2 Å². The molecule has 0 unspecified atom stereocenters. The Morgan fingerprint density at radius 3 is 2.45 bits per heavy atom. The summed E-state index contributed by atoms with van der Waals surface area (Å²) < 4.78 is 7.84. The van der Waals surface area contributed by atoms with Gasteiger partial charge in [-0.1, -0.05) is 12.1 Å². The molecule has 4 amide bonds. The highest BCUT2D eigenvalue weighted by atomic mass is 16.5. The van der Waals surface area contributed by atoms with Crippen LogP contribution >= 0.6 is 0 Å². The fourth-order valence-electron chi connectivity index (χ4n) is 5.12. The number of para-hydroxylation sites is 1. The smallest absolute Gasteiger partial charge is 0.258 e. The first-order valence-corrected chi connectivity index (χ1v) is 14.8. The molecule has 0 aliphatic carbocycles. The Hall–Kier alpha value is -3.89. The average molecular weight is 583 g/mol. The summed E-state index contributed by atoms with van der Waals surface area (Å²) in [6, 6.07) is 8.29. The molecule has 0 bridgehead atoms. The maximum Gasteiger partial charge on any atom is 0.258 e. The molecule has 1 aromatic heterocycles. The second-order valence-corrected chi connectivity index (χ2v) is 11.0. The van der Waals surface area contributed by atoms with Crippen molar-refractivity contribution < 1.29 is 23.9 Å². The van der Waals surface area contributed by atoms with Crippen LogP contribution in [0.15, 0.2) is 36.5 Å². The van der Waals surface area contributed by atoms with Crippen molar-refractivity contribution in [3.63, 3.8) is 0 Å². The molecule has 2 heterocycles. The Morgan fingerprint density at radius 2 is 1.74 bits per heavy atom. The Morgan fingerprint density at radius 1 is 1.02 bits per heavy atom. The Balaban J connectivity index is 1.77. The zero-order valence-electron chi connectivity index (χ0n) is 25.8. The first-order chi connectivity index (χ1) is 20.1. The van der Waals surface area contributed by atoms with E-state index in [1.165, 1.54) is 11.8 Å². The third kappa shape index (κ3) is 9.06. The highest BCUT2D eigenvalue weighted by molar-refractivity contribution is 5.99. The first-order valence-electron chi connectivity index (χ1n) is 14.8. The van der Waals surface area contributed by atoms with Gasteiger partial charge in [0.15, 0.2) is 0 Å². The molecule has 1 aromatic carbocycles. The Kier molecular flexibility index (Phi) is 12.4. The molecule has 0 saturated heterocycles. The second kappa shape index (κ2) is 15.9. The molecule has 11 heteroatoms. The number of carbonyl (C=O) groups is 4. The largest absolute Gasteiger partial charge is 0.493 e. The number of likely N-dealkylation sites (N-methyl/N-ethyl adjacent to an activating group) is 2. The van der Waals surface area contributed by atoms with Gasteiger partial charge in [-0.25, -0.2) is 0 Å². The Bertz CT molecular complexity index is 1210. The van der Waals surface area contributed by atoms with Gasteiger partial charge in [-0.05, 0) is 56.7 Å². The summed E-state index contributed by atoms with van der Waals surface area (Å²) in [5, 5.41) is 4.19. The number of carbonyl (C=O) groups excluding carboxylic acids is 4. The molecule has 1 aliphatic heterocycles. The van der Waals surface area contributed by atoms with Crippen molar-refractivity contribution in [2.75, 3.05) is 53.9 Å². The minimum Gasteiger partial charge on any atom is -0.493 e. The lowest BCUT2D eigenvalue weighted by molar-refractivity contribution is -0.135. The molecule has 230 valence electrons. The number of hydrogen-bond donors (Lipinski definition) is 0. The molecule has 11 nitrogen and oxygen atoms in total. The summed E-state index contributed by atoms with van der Waals surface area (Å²) in [4.78, 5) is 58.9. The van der Waals surface area contributed by atoms with Gasteiger partial charge >= 0.3 is 0 Å². The van der Waals surface area contributed by atoms with Gasteiger partial charge in [-0.15, -0.1) is 0 Å². The molecule has 0 spiro atoms. The summed E-state index contributed by atoms with van der Waals surface area (Å²) in [7, 11) is 7.01. The van der Waals surface area contributed by atoms with E-state index in [1.54, 1.807) is 60.0 Å². The van der Waals surface area contributed by atoms with Crippen LogP contribution in [0.3, 0.4) is 0 Å². The molecule has 1 atom stereocenters. The van der Waals surface area contributed by atoms with E-state index in [9.17, 15) is 19.2 Å². The van der Waals surface area contributed by atoms with E-state index in [2.05, 4.69) is 5.10 Å². The maximum absolute atomic E-state index is 13.7. The lowest BCUT2D eigenvalue weighted by Gasteiger charge is -2.32. The molecule has 2 aromatic rings. The fraction of sp³-hybridized carbons (Fsp3) is 0.581. The summed E-state index contributed by atoms with van der Waals surface area (Å²) in [6.45, 7) is 4.01. The van der Waals surface area contributed by atoms with Crippen LogP contribution in [-0.4, -0.2) is 113 Å². The molecule has 0 fully saturated rings. The average Bonchev–Trinajstić information content (AvgIpc) is 3.39. The van der Waals surface area contributed by atoms with Crippen LogP contribution in [0.4, 0.5) is 0 Å². The number of benzene rings is 1. The van der Waals surface area contributed by atoms with Gasteiger partial charge in [0.2, 0.25) is 17.7 Å². The van der Waals surface area contributed by atoms with Crippen LogP contribution in [0.1, 0.15) is 61.5 Å². The highest BCUT2D eigenvalue weighted by Crippen LogP contribution is 2.23. The quantitative estimate of drug-likeness (QED) is 0.497. The van der Waals surface area contributed by atoms with E-state index in [4.69, 9.17) is 4.74 Å². The van der Waals surface area contributed by atoms with E-state index >= 15 is 0 Å². The van der Waals surface area contributed by atoms with Crippen LogP contribution < -0.4 is 4.74 Å². The van der Waals surface area contributed by atoms with Gasteiger partial charge in [0.25, 0.3) is 5.91 Å². The number of nitrogens with zero attached hydrogens (tertiary/aromatic N) is 6. The van der Waals surface area contributed by atoms with Crippen LogP contribution in [-0.2, 0) is 27.9 Å². The Labute approximate surface area is 249 Å². The maximum atomic E-state index is 13.7. The molecular formula is C31H46N6O5. The molecule has 0 saturated carbocycles. The monoisotopic (exact) mass is 582 g/mol. The van der Waals surface area contributed by atoms with Gasteiger partial charge in [-0.2, -0.15) is 5.10 Å². The predicted molar refractivity (Wildman–Crippen MR) is 160 cm³/mol. The van der Waals surface area contributed by atoms with Crippen LogP contribution in [0.5, 0.6) is 5.75 Å². The summed E-state index contributed by atoms with van der Waals surface area (Å²) in [5.74, 6) is 0.0413. The number of ether oxygens (including phenoxy) is 1. The second-order valence-electron chi connectivity index (χ2n) is 11.0. The predicted octanol–water partition coefficient (Wildman–Crippen LogP) is 2.60. The van der Waals surface area contributed by atoms with E-state index in [0.717, 1.165) is 18.5 Å². The number of aromatic nitrogens is 2. The third-order valence-corrected chi connectivity index (χ3v) is 7.95. The zero-order valence-corrected chi connectivity index (χ0v) is 25.8. The topological polar surface area (TPSA) is 108 Å². The fourth-order valence-corrected chi connectivity index (χ4v) is 5.12. The lowest BCUT2D eigenvalue weighted by Crippen LogP contribution is -2.49. The number of aryl methyl sites for hydroxylation is 2. The van der Waals surface area contributed by atoms with E-state index < -0.39 is 6.04 Å². The zero-order chi connectivity index (χ0) is 30.6. The number of fused-ring (bicyclic) bond motifs is 1. The van der Waals surface area contributed by atoms with Crippen molar-refractivity contribution in [2.24, 2.45) is 7.05 Å². The minimum absolute atomic E-state index is 0.0450.